The quantitative estimate of drug-likeness (QED) is 0.0735. The van der Waals surface area contributed by atoms with Gasteiger partial charge in [0.2, 0.25) is 0 Å². The molecule has 1 saturated heterocycles. The average Bonchev–Trinajstić information content (AvgIpc) is 3.31. The lowest BCUT2D eigenvalue weighted by molar-refractivity contribution is -0.136. The lowest BCUT2D eigenvalue weighted by Gasteiger charge is -2.19. The fourth-order valence-corrected chi connectivity index (χ4v) is 6.82. The summed E-state index contributed by atoms with van der Waals surface area (Å²) in [5, 5.41) is 32.4. The predicted molar refractivity (Wildman–Crippen MR) is 124 cm³/mol. The van der Waals surface area contributed by atoms with Crippen molar-refractivity contribution in [1.82, 2.24) is 19.5 Å². The van der Waals surface area contributed by atoms with Crippen molar-refractivity contribution >= 4 is 58.2 Å². The summed E-state index contributed by atoms with van der Waals surface area (Å²) in [6.45, 7) is -0.986. The molecule has 3 heterocycles. The second-order valence-electron chi connectivity index (χ2n) is 7.35. The second kappa shape index (κ2) is 12.3. The molecule has 0 radical (unpaired) electrons. The highest BCUT2D eigenvalue weighted by atomic mass is 32.2. The molecule has 2 aromatic rings. The number of thioether (sulfide) groups is 1. The van der Waals surface area contributed by atoms with Crippen LogP contribution in [0.4, 0.5) is 5.82 Å². The summed E-state index contributed by atoms with van der Waals surface area (Å²) in [6.07, 6.45) is -3.82. The Balaban J connectivity index is 1.65. The van der Waals surface area contributed by atoms with Gasteiger partial charge in [0.25, 0.3) is 0 Å². The third-order valence-corrected chi connectivity index (χ3v) is 9.23. The highest BCUT2D eigenvalue weighted by molar-refractivity contribution is 7.99. The van der Waals surface area contributed by atoms with Crippen LogP contribution in [0, 0.1) is 0 Å². The van der Waals surface area contributed by atoms with Gasteiger partial charge < -0.3 is 44.9 Å². The van der Waals surface area contributed by atoms with Gasteiger partial charge in [0, 0.05) is 5.75 Å². The van der Waals surface area contributed by atoms with Crippen LogP contribution in [0.1, 0.15) is 12.6 Å². The zero-order valence-electron chi connectivity index (χ0n) is 18.7. The summed E-state index contributed by atoms with van der Waals surface area (Å²) in [7, 11) is -16.8. The first-order valence-electron chi connectivity index (χ1n) is 10.1. The van der Waals surface area contributed by atoms with Gasteiger partial charge in [0.05, 0.1) is 25.2 Å². The van der Waals surface area contributed by atoms with Crippen LogP contribution < -0.4 is 5.32 Å². The van der Waals surface area contributed by atoms with Gasteiger partial charge in [-0.25, -0.2) is 28.6 Å². The first-order chi connectivity index (χ1) is 17.6. The minimum Gasteiger partial charge on any atom is -0.481 e. The van der Waals surface area contributed by atoms with Crippen molar-refractivity contribution in [2.45, 2.75) is 31.0 Å². The number of phosphoric ester groups is 1. The number of carboxylic acid groups (broad SMARTS) is 1. The molecule has 2 unspecified atom stereocenters. The summed E-state index contributed by atoms with van der Waals surface area (Å²) in [5.41, 5.74) is 0.399. The van der Waals surface area contributed by atoms with Gasteiger partial charge in [-0.1, -0.05) is 0 Å². The van der Waals surface area contributed by atoms with Gasteiger partial charge in [-0.3, -0.25) is 13.9 Å². The number of aliphatic carboxylic acids is 1. The van der Waals surface area contributed by atoms with Crippen molar-refractivity contribution in [1.29, 1.82) is 0 Å². The maximum Gasteiger partial charge on any atom is 0.490 e. The van der Waals surface area contributed by atoms with Crippen LogP contribution in [0.25, 0.3) is 11.2 Å². The van der Waals surface area contributed by atoms with Crippen molar-refractivity contribution < 1.29 is 71.3 Å². The molecule has 214 valence electrons. The summed E-state index contributed by atoms with van der Waals surface area (Å²) in [4.78, 5) is 58.8. The fourth-order valence-electron chi connectivity index (χ4n) is 3.09. The number of hydrogen-bond acceptors (Lipinski definition) is 15. The molecule has 0 aromatic carbocycles. The van der Waals surface area contributed by atoms with Gasteiger partial charge in [-0.2, -0.15) is 8.62 Å². The number of aliphatic hydroxyl groups is 2. The molecule has 6 atom stereocenters. The van der Waals surface area contributed by atoms with Gasteiger partial charge >= 0.3 is 29.4 Å². The Kier molecular flexibility index (Phi) is 10.0. The largest absolute Gasteiger partial charge is 0.490 e. The average molecular weight is 625 g/mol. The Hall–Kier alpha value is -1.54. The monoisotopic (exact) mass is 625 g/mol. The number of nitrogens with zero attached hydrogens (tertiary/aromatic N) is 4. The van der Waals surface area contributed by atoms with Crippen LogP contribution in [-0.2, 0) is 36.4 Å². The zero-order chi connectivity index (χ0) is 28.3. The standard InChI is InChI=1S/C14H22N5O15P3S/c20-8(21)1-2-38-6-18-12-9-13(16-4-15-12)19(5-17-9)14-11(23)10(22)7(32-14)3-31-36(27,28)34-37(29,30)33-35(24,25)26/h4-5,7,10-11,14,22-23H,1-3,6H2,(H,20,21)(H,27,28)(H,29,30)(H,15,16,18)(H2,24,25,26)/t7-,10-,11-,14-/m1/s1. The number of imidazole rings is 1. The third-order valence-electron chi connectivity index (χ3n) is 4.59. The number of carbonyl (C=O) groups is 1. The molecule has 0 amide bonds. The maximum atomic E-state index is 11.9. The maximum absolute atomic E-state index is 11.9. The predicted octanol–water partition coefficient (Wildman–Crippen LogP) is -0.634. The Bertz CT molecular complexity index is 1290. The van der Waals surface area contributed by atoms with Gasteiger partial charge in [0.15, 0.2) is 23.2 Å². The Morgan fingerprint density at radius 2 is 1.79 bits per heavy atom. The topological polar surface area (TPSA) is 302 Å². The van der Waals surface area contributed by atoms with E-state index in [2.05, 4.69) is 33.4 Å². The molecule has 20 nitrogen and oxygen atoms in total. The molecule has 0 spiro atoms. The van der Waals surface area contributed by atoms with Crippen LogP contribution in [0.15, 0.2) is 12.7 Å². The van der Waals surface area contributed by atoms with Crippen LogP contribution in [0.3, 0.4) is 0 Å². The van der Waals surface area contributed by atoms with Crippen LogP contribution in [0.5, 0.6) is 0 Å². The summed E-state index contributed by atoms with van der Waals surface area (Å²) in [5.74, 6) is 0.00960. The van der Waals surface area contributed by atoms with Crippen LogP contribution in [-0.4, -0.2) is 96.9 Å². The van der Waals surface area contributed by atoms with E-state index in [1.807, 2.05) is 0 Å². The van der Waals surface area contributed by atoms with E-state index in [1.165, 1.54) is 29.0 Å². The van der Waals surface area contributed by atoms with Crippen molar-refractivity contribution in [3.63, 3.8) is 0 Å². The molecule has 1 aliphatic rings. The molecule has 0 aliphatic carbocycles. The number of nitrogens with one attached hydrogen (secondary N) is 1. The number of ether oxygens (including phenoxy) is 1. The number of aromatic nitrogens is 4. The van der Waals surface area contributed by atoms with E-state index in [0.29, 0.717) is 11.6 Å². The molecular formula is C14H22N5O15P3S. The van der Waals surface area contributed by atoms with Crippen LogP contribution >= 0.6 is 35.2 Å². The van der Waals surface area contributed by atoms with Gasteiger partial charge in [-0.15, -0.1) is 11.8 Å². The summed E-state index contributed by atoms with van der Waals surface area (Å²) < 4.78 is 52.4. The SMILES string of the molecule is O=C(O)CCSCNc1ncnc2c1ncn2[C@@H]1O[C@H](COP(=O)(O)OP(=O)(O)OP(=O)(O)O)[C@@H](O)[C@H]1O. The fraction of sp³-hybridized carbons (Fsp3) is 0.571. The van der Waals surface area contributed by atoms with E-state index in [4.69, 9.17) is 19.6 Å². The molecule has 38 heavy (non-hydrogen) atoms. The summed E-state index contributed by atoms with van der Waals surface area (Å²) in [6, 6.07) is 0. The minimum absolute atomic E-state index is 0.0252. The van der Waals surface area contributed by atoms with E-state index in [-0.39, 0.29) is 23.4 Å². The Labute approximate surface area is 216 Å². The third kappa shape index (κ3) is 8.48. The molecule has 8 N–H and O–H groups in total. The number of rotatable bonds is 14. The normalized spacial score (nSPS) is 25.2. The zero-order valence-corrected chi connectivity index (χ0v) is 22.2. The number of aliphatic hydroxyl groups excluding tert-OH is 2. The Morgan fingerprint density at radius 1 is 1.08 bits per heavy atom. The van der Waals surface area contributed by atoms with E-state index in [9.17, 15) is 38.5 Å². The van der Waals surface area contributed by atoms with Crippen molar-refractivity contribution in [2.75, 3.05) is 23.6 Å². The van der Waals surface area contributed by atoms with Crippen molar-refractivity contribution in [2.24, 2.45) is 0 Å². The molecule has 1 fully saturated rings. The number of hydrogen-bond donors (Lipinski definition) is 8. The minimum atomic E-state index is -5.74. The molecule has 1 aliphatic heterocycles. The number of fused-ring (bicyclic) bond motifs is 1. The molecule has 0 bridgehead atoms. The van der Waals surface area contributed by atoms with Gasteiger partial charge in [-0.05, 0) is 0 Å². The summed E-state index contributed by atoms with van der Waals surface area (Å²) >= 11 is 1.30. The lowest BCUT2D eigenvalue weighted by Crippen LogP contribution is -2.33. The van der Waals surface area contributed by atoms with Crippen LogP contribution in [0.2, 0.25) is 0 Å². The molecule has 0 saturated carbocycles. The highest BCUT2D eigenvalue weighted by Crippen LogP contribution is 2.66. The number of carboxylic acids is 1. The van der Waals surface area contributed by atoms with Crippen molar-refractivity contribution in [3.8, 4) is 0 Å². The lowest BCUT2D eigenvalue weighted by atomic mass is 10.1. The Morgan fingerprint density at radius 3 is 2.45 bits per heavy atom. The second-order valence-corrected chi connectivity index (χ2v) is 12.9. The smallest absolute Gasteiger partial charge is 0.481 e. The molecule has 2 aromatic heterocycles. The van der Waals surface area contributed by atoms with E-state index in [1.54, 1.807) is 0 Å². The molecule has 3 rings (SSSR count). The molecular weight excluding hydrogens is 603 g/mol. The van der Waals surface area contributed by atoms with Gasteiger partial charge in [0.1, 0.15) is 24.6 Å². The van der Waals surface area contributed by atoms with E-state index >= 15 is 0 Å². The first-order valence-corrected chi connectivity index (χ1v) is 15.8. The first kappa shape index (κ1) is 31.0. The van der Waals surface area contributed by atoms with E-state index in [0.717, 1.165) is 0 Å². The number of anilines is 1. The van der Waals surface area contributed by atoms with E-state index < -0.39 is 60.6 Å². The highest BCUT2D eigenvalue weighted by Gasteiger charge is 2.47. The van der Waals surface area contributed by atoms with Crippen molar-refractivity contribution in [3.05, 3.63) is 12.7 Å². The number of phosphoric acid groups is 3. The molecule has 24 heteroatoms.